The fraction of sp³-hybridized carbons (Fsp3) is 0.400. The van der Waals surface area contributed by atoms with E-state index in [1.165, 1.54) is 0 Å². The molecule has 0 fully saturated rings. The summed E-state index contributed by atoms with van der Waals surface area (Å²) in [4.78, 5) is 11.4. The van der Waals surface area contributed by atoms with Crippen LogP contribution in [0.3, 0.4) is 0 Å². The molecule has 1 aliphatic rings. The van der Waals surface area contributed by atoms with Gasteiger partial charge in [0.15, 0.2) is 11.7 Å². The number of hydrazone groups is 1. The third-order valence-electron chi connectivity index (χ3n) is 3.15. The van der Waals surface area contributed by atoms with Crippen molar-refractivity contribution < 1.29 is 14.3 Å². The second kappa shape index (κ2) is 7.89. The Labute approximate surface area is 140 Å². The summed E-state index contributed by atoms with van der Waals surface area (Å²) in [7, 11) is 1.63. The van der Waals surface area contributed by atoms with Crippen LogP contribution in [0.5, 0.6) is 5.75 Å². The van der Waals surface area contributed by atoms with Crippen LogP contribution in [0.15, 0.2) is 23.3 Å². The van der Waals surface area contributed by atoms with Crippen LogP contribution in [-0.2, 0) is 9.53 Å². The monoisotopic (exact) mass is 336 g/mol. The lowest BCUT2D eigenvalue weighted by molar-refractivity contribution is -0.118. The van der Waals surface area contributed by atoms with Gasteiger partial charge in [0.1, 0.15) is 5.75 Å². The average Bonchev–Trinajstić information content (AvgIpc) is 2.52. The first-order chi connectivity index (χ1) is 11.0. The van der Waals surface area contributed by atoms with E-state index >= 15 is 0 Å². The van der Waals surface area contributed by atoms with Crippen LogP contribution in [0, 0.1) is 0 Å². The number of nitrogens with zero attached hydrogens (tertiary/aromatic N) is 1. The molecule has 0 saturated carbocycles. The zero-order chi connectivity index (χ0) is 16.8. The molecule has 1 heterocycles. The van der Waals surface area contributed by atoms with Crippen molar-refractivity contribution in [3.63, 3.8) is 0 Å². The minimum atomic E-state index is -0.167. The number of fused-ring (bicyclic) bond motifs is 1. The standard InChI is InChI=1S/C15H20N4O3S/c1-9(7-21-3)16-15(23)19-18-10(2)11-4-5-13-12(6-11)17-14(20)8-22-13/h4-6,9H,7-8H2,1-3H3,(H,17,20)(H2,16,19,23)/b18-10-/t9-/m0/s1. The topological polar surface area (TPSA) is 84.0 Å². The van der Waals surface area contributed by atoms with Gasteiger partial charge in [0, 0.05) is 13.2 Å². The molecule has 0 unspecified atom stereocenters. The number of anilines is 1. The Balaban J connectivity index is 1.99. The van der Waals surface area contributed by atoms with Gasteiger partial charge in [0.2, 0.25) is 0 Å². The van der Waals surface area contributed by atoms with E-state index in [0.717, 1.165) is 11.3 Å². The van der Waals surface area contributed by atoms with Crippen LogP contribution in [0.1, 0.15) is 19.4 Å². The molecule has 23 heavy (non-hydrogen) atoms. The molecule has 124 valence electrons. The summed E-state index contributed by atoms with van der Waals surface area (Å²) in [6.07, 6.45) is 0. The molecule has 0 aliphatic carbocycles. The van der Waals surface area contributed by atoms with Crippen LogP contribution >= 0.6 is 12.2 Å². The van der Waals surface area contributed by atoms with Crippen LogP contribution in [-0.4, -0.2) is 43.1 Å². The second-order valence-corrected chi connectivity index (χ2v) is 5.59. The molecule has 1 aliphatic heterocycles. The summed E-state index contributed by atoms with van der Waals surface area (Å²) in [5.74, 6) is 0.486. The molecule has 0 radical (unpaired) electrons. The lowest BCUT2D eigenvalue weighted by atomic mass is 10.1. The Kier molecular flexibility index (Phi) is 5.89. The molecule has 3 N–H and O–H groups in total. The van der Waals surface area contributed by atoms with Gasteiger partial charge in [-0.15, -0.1) is 0 Å². The van der Waals surface area contributed by atoms with Crippen LogP contribution in [0.4, 0.5) is 5.69 Å². The molecular formula is C15H20N4O3S. The van der Waals surface area contributed by atoms with Crippen molar-refractivity contribution in [2.45, 2.75) is 19.9 Å². The van der Waals surface area contributed by atoms with E-state index in [1.807, 2.05) is 26.0 Å². The molecule has 0 spiro atoms. The Morgan fingerprint density at radius 2 is 2.35 bits per heavy atom. The molecular weight excluding hydrogens is 316 g/mol. The van der Waals surface area contributed by atoms with E-state index < -0.39 is 0 Å². The predicted octanol–water partition coefficient (Wildman–Crippen LogP) is 1.24. The van der Waals surface area contributed by atoms with Gasteiger partial charge in [-0.05, 0) is 49.8 Å². The van der Waals surface area contributed by atoms with E-state index in [2.05, 4.69) is 21.2 Å². The van der Waals surface area contributed by atoms with Crippen molar-refractivity contribution in [2.24, 2.45) is 5.10 Å². The van der Waals surface area contributed by atoms with Gasteiger partial charge >= 0.3 is 0 Å². The zero-order valence-corrected chi connectivity index (χ0v) is 14.1. The Morgan fingerprint density at radius 3 is 3.09 bits per heavy atom. The maximum absolute atomic E-state index is 11.4. The molecule has 2 rings (SSSR count). The van der Waals surface area contributed by atoms with E-state index in [-0.39, 0.29) is 18.6 Å². The number of carbonyl (C=O) groups excluding carboxylic acids is 1. The molecule has 1 amide bonds. The van der Waals surface area contributed by atoms with Gasteiger partial charge in [-0.3, -0.25) is 10.2 Å². The average molecular weight is 336 g/mol. The van der Waals surface area contributed by atoms with Gasteiger partial charge in [0.25, 0.3) is 5.91 Å². The third kappa shape index (κ3) is 4.90. The smallest absolute Gasteiger partial charge is 0.262 e. The first-order valence-electron chi connectivity index (χ1n) is 7.16. The van der Waals surface area contributed by atoms with Crippen molar-refractivity contribution in [3.8, 4) is 5.75 Å². The molecule has 0 bridgehead atoms. The third-order valence-corrected chi connectivity index (χ3v) is 3.36. The number of rotatable bonds is 5. The van der Waals surface area contributed by atoms with Crippen LogP contribution in [0.25, 0.3) is 0 Å². The number of hydrogen-bond donors (Lipinski definition) is 3. The molecule has 1 atom stereocenters. The van der Waals surface area contributed by atoms with E-state index in [1.54, 1.807) is 13.2 Å². The van der Waals surface area contributed by atoms with Crippen molar-refractivity contribution in [1.82, 2.24) is 10.7 Å². The van der Waals surface area contributed by atoms with Gasteiger partial charge < -0.3 is 20.1 Å². The number of thiocarbonyl (C=S) groups is 1. The molecule has 0 aromatic heterocycles. The molecule has 7 nitrogen and oxygen atoms in total. The maximum Gasteiger partial charge on any atom is 0.262 e. The summed E-state index contributed by atoms with van der Waals surface area (Å²) in [6, 6.07) is 5.59. The minimum absolute atomic E-state index is 0.0422. The number of nitrogens with one attached hydrogen (secondary N) is 3. The summed E-state index contributed by atoms with van der Waals surface area (Å²) >= 11 is 5.16. The summed E-state index contributed by atoms with van der Waals surface area (Å²) in [6.45, 7) is 4.40. The van der Waals surface area contributed by atoms with Crippen LogP contribution < -0.4 is 20.8 Å². The second-order valence-electron chi connectivity index (χ2n) is 5.19. The summed E-state index contributed by atoms with van der Waals surface area (Å²) in [5, 5.41) is 10.5. The molecule has 1 aromatic rings. The van der Waals surface area contributed by atoms with Crippen LogP contribution in [0.2, 0.25) is 0 Å². The highest BCUT2D eigenvalue weighted by molar-refractivity contribution is 7.80. The van der Waals surface area contributed by atoms with Crippen molar-refractivity contribution in [3.05, 3.63) is 23.8 Å². The van der Waals surface area contributed by atoms with Crippen molar-refractivity contribution in [1.29, 1.82) is 0 Å². The Bertz CT molecular complexity index is 633. The zero-order valence-electron chi connectivity index (χ0n) is 13.3. The number of carbonyl (C=O) groups is 1. The van der Waals surface area contributed by atoms with E-state index in [4.69, 9.17) is 21.7 Å². The predicted molar refractivity (Wildman–Crippen MR) is 93.0 cm³/mol. The van der Waals surface area contributed by atoms with E-state index in [9.17, 15) is 4.79 Å². The fourth-order valence-corrected chi connectivity index (χ4v) is 2.30. The maximum atomic E-state index is 11.4. The van der Waals surface area contributed by atoms with Gasteiger partial charge in [0.05, 0.1) is 18.0 Å². The lowest BCUT2D eigenvalue weighted by Gasteiger charge is -2.18. The first-order valence-corrected chi connectivity index (χ1v) is 7.57. The van der Waals surface area contributed by atoms with Gasteiger partial charge in [-0.1, -0.05) is 0 Å². The Hall–Kier alpha value is -2.19. The van der Waals surface area contributed by atoms with E-state index in [0.29, 0.717) is 23.2 Å². The Morgan fingerprint density at radius 1 is 1.57 bits per heavy atom. The quantitative estimate of drug-likeness (QED) is 0.426. The number of ether oxygens (including phenoxy) is 2. The van der Waals surface area contributed by atoms with Crippen molar-refractivity contribution >= 4 is 34.6 Å². The number of benzene rings is 1. The number of amides is 1. The SMILES string of the molecule is COC[C@H](C)NC(=S)N/N=C(/C)c1ccc2c(c1)NC(=O)CO2. The summed E-state index contributed by atoms with van der Waals surface area (Å²) in [5.41, 5.74) is 5.02. The normalized spacial score (nSPS) is 15.1. The molecule has 8 heteroatoms. The van der Waals surface area contributed by atoms with Crippen molar-refractivity contribution in [2.75, 3.05) is 25.6 Å². The highest BCUT2D eigenvalue weighted by atomic mass is 32.1. The highest BCUT2D eigenvalue weighted by Gasteiger charge is 2.16. The molecule has 1 aromatic carbocycles. The largest absolute Gasteiger partial charge is 0.482 e. The van der Waals surface area contributed by atoms with Gasteiger partial charge in [-0.2, -0.15) is 5.10 Å². The summed E-state index contributed by atoms with van der Waals surface area (Å²) < 4.78 is 10.4. The number of hydrogen-bond acceptors (Lipinski definition) is 5. The first kappa shape index (κ1) is 17.2. The fourth-order valence-electron chi connectivity index (χ4n) is 2.06. The highest BCUT2D eigenvalue weighted by Crippen LogP contribution is 2.28. The minimum Gasteiger partial charge on any atom is -0.482 e. The number of methoxy groups -OCH3 is 1. The van der Waals surface area contributed by atoms with Gasteiger partial charge in [-0.25, -0.2) is 0 Å². The lowest BCUT2D eigenvalue weighted by Crippen LogP contribution is -2.40. The molecule has 0 saturated heterocycles.